The summed E-state index contributed by atoms with van der Waals surface area (Å²) in [6.07, 6.45) is 2.79. The van der Waals surface area contributed by atoms with Crippen LogP contribution in [-0.2, 0) is 6.54 Å². The van der Waals surface area contributed by atoms with Crippen LogP contribution in [-0.4, -0.2) is 9.55 Å². The van der Waals surface area contributed by atoms with Gasteiger partial charge in [0.05, 0.1) is 17.8 Å². The molecule has 1 rings (SSSR count). The third kappa shape index (κ3) is 3.46. The molecule has 0 bridgehead atoms. The lowest BCUT2D eigenvalue weighted by Gasteiger charge is -2.14. The first-order valence-electron chi connectivity index (χ1n) is 5.29. The smallest absolute Gasteiger partial charge is 0.278 e. The summed E-state index contributed by atoms with van der Waals surface area (Å²) < 4.78 is 1.41. The first kappa shape index (κ1) is 13.5. The summed E-state index contributed by atoms with van der Waals surface area (Å²) in [5.41, 5.74) is 4.74. The SMILES string of the molecule is CC(C)(C#N)CCCn1cnc(Cl)c(N)c1=O. The van der Waals surface area contributed by atoms with Gasteiger partial charge in [0.2, 0.25) is 0 Å². The number of anilines is 1. The Morgan fingerprint density at radius 1 is 1.65 bits per heavy atom. The largest absolute Gasteiger partial charge is 0.392 e. The van der Waals surface area contributed by atoms with Crippen LogP contribution in [0.25, 0.3) is 0 Å². The first-order valence-corrected chi connectivity index (χ1v) is 5.67. The minimum absolute atomic E-state index is 0.0311. The second kappa shape index (κ2) is 5.19. The van der Waals surface area contributed by atoms with Crippen LogP contribution in [0.1, 0.15) is 26.7 Å². The molecule has 6 heteroatoms. The zero-order valence-corrected chi connectivity index (χ0v) is 10.7. The minimum atomic E-state index is -0.380. The maximum Gasteiger partial charge on any atom is 0.278 e. The lowest BCUT2D eigenvalue weighted by atomic mass is 9.90. The van der Waals surface area contributed by atoms with Crippen LogP contribution in [0.5, 0.6) is 0 Å². The summed E-state index contributed by atoms with van der Waals surface area (Å²) >= 11 is 5.62. The Morgan fingerprint density at radius 3 is 2.88 bits per heavy atom. The summed E-state index contributed by atoms with van der Waals surface area (Å²) in [6, 6.07) is 2.21. The molecule has 0 aliphatic heterocycles. The Kier molecular flexibility index (Phi) is 4.13. The highest BCUT2D eigenvalue weighted by Crippen LogP contribution is 2.20. The minimum Gasteiger partial charge on any atom is -0.392 e. The zero-order valence-electron chi connectivity index (χ0n) is 9.90. The average molecular weight is 255 g/mol. The Hall–Kier alpha value is -1.54. The molecule has 0 unspecified atom stereocenters. The fourth-order valence-electron chi connectivity index (χ4n) is 1.39. The predicted octanol–water partition coefficient (Wildman–Crippen LogP) is 1.81. The predicted molar refractivity (Wildman–Crippen MR) is 66.5 cm³/mol. The molecule has 5 nitrogen and oxygen atoms in total. The Balaban J connectivity index is 2.70. The van der Waals surface area contributed by atoms with Gasteiger partial charge in [0.25, 0.3) is 5.56 Å². The zero-order chi connectivity index (χ0) is 13.1. The maximum absolute atomic E-state index is 11.7. The number of aromatic nitrogens is 2. The molecule has 0 saturated carbocycles. The van der Waals surface area contributed by atoms with E-state index in [9.17, 15) is 4.79 Å². The average Bonchev–Trinajstić information content (AvgIpc) is 2.29. The van der Waals surface area contributed by atoms with Crippen molar-refractivity contribution < 1.29 is 0 Å². The summed E-state index contributed by atoms with van der Waals surface area (Å²) in [5, 5.41) is 8.89. The van der Waals surface area contributed by atoms with Crippen molar-refractivity contribution in [2.24, 2.45) is 5.41 Å². The van der Waals surface area contributed by atoms with Crippen molar-refractivity contribution in [3.05, 3.63) is 21.8 Å². The van der Waals surface area contributed by atoms with Gasteiger partial charge in [0.15, 0.2) is 5.15 Å². The van der Waals surface area contributed by atoms with Crippen molar-refractivity contribution in [3.8, 4) is 6.07 Å². The van der Waals surface area contributed by atoms with E-state index < -0.39 is 0 Å². The number of nitriles is 1. The normalized spacial score (nSPS) is 11.2. The summed E-state index contributed by atoms with van der Waals surface area (Å²) in [4.78, 5) is 15.5. The molecule has 0 fully saturated rings. The van der Waals surface area contributed by atoms with Crippen LogP contribution in [0, 0.1) is 16.7 Å². The second-order valence-corrected chi connectivity index (χ2v) is 4.90. The molecule has 17 heavy (non-hydrogen) atoms. The molecule has 0 aromatic carbocycles. The fraction of sp³-hybridized carbons (Fsp3) is 0.545. The van der Waals surface area contributed by atoms with Crippen LogP contribution < -0.4 is 11.3 Å². The molecule has 92 valence electrons. The highest BCUT2D eigenvalue weighted by atomic mass is 35.5. The van der Waals surface area contributed by atoms with E-state index in [0.29, 0.717) is 19.4 Å². The van der Waals surface area contributed by atoms with Crippen LogP contribution in [0.2, 0.25) is 5.15 Å². The van der Waals surface area contributed by atoms with Crippen LogP contribution in [0.3, 0.4) is 0 Å². The number of hydrogen-bond donors (Lipinski definition) is 1. The van der Waals surface area contributed by atoms with Gasteiger partial charge in [-0.2, -0.15) is 5.26 Å². The lowest BCUT2D eigenvalue weighted by molar-refractivity contribution is 0.412. The fourth-order valence-corrected chi connectivity index (χ4v) is 1.52. The summed E-state index contributed by atoms with van der Waals surface area (Å²) in [7, 11) is 0. The molecule has 0 spiro atoms. The first-order chi connectivity index (χ1) is 7.87. The molecule has 2 N–H and O–H groups in total. The molecule has 0 aliphatic rings. The van der Waals surface area contributed by atoms with Crippen molar-refractivity contribution in [1.29, 1.82) is 5.26 Å². The molecule has 1 aromatic heterocycles. The van der Waals surface area contributed by atoms with Gasteiger partial charge < -0.3 is 5.73 Å². The number of aryl methyl sites for hydroxylation is 1. The Labute approximate surface area is 105 Å². The molecular weight excluding hydrogens is 240 g/mol. The standard InChI is InChI=1S/C11H15ClN4O/c1-11(2,6-13)4-3-5-16-7-15-9(12)8(14)10(16)17/h7H,3-5,14H2,1-2H3. The second-order valence-electron chi connectivity index (χ2n) is 4.55. The third-order valence-corrected chi connectivity index (χ3v) is 2.83. The van der Waals surface area contributed by atoms with Crippen molar-refractivity contribution in [1.82, 2.24) is 9.55 Å². The Morgan fingerprint density at radius 2 is 2.29 bits per heavy atom. The van der Waals surface area contributed by atoms with E-state index in [0.717, 1.165) is 0 Å². The lowest BCUT2D eigenvalue weighted by Crippen LogP contribution is -2.24. The monoisotopic (exact) mass is 254 g/mol. The van der Waals surface area contributed by atoms with Gasteiger partial charge in [-0.05, 0) is 26.7 Å². The number of nitrogens with two attached hydrogens (primary N) is 1. The van der Waals surface area contributed by atoms with Gasteiger partial charge >= 0.3 is 0 Å². The highest BCUT2D eigenvalue weighted by Gasteiger charge is 2.16. The molecule has 0 amide bonds. The molecule has 1 heterocycles. The molecule has 0 radical (unpaired) electrons. The van der Waals surface area contributed by atoms with E-state index in [4.69, 9.17) is 22.6 Å². The molecule has 0 atom stereocenters. The van der Waals surface area contributed by atoms with E-state index in [-0.39, 0.29) is 21.8 Å². The van der Waals surface area contributed by atoms with Crippen LogP contribution in [0.15, 0.2) is 11.1 Å². The number of nitrogen functional groups attached to an aromatic ring is 1. The highest BCUT2D eigenvalue weighted by molar-refractivity contribution is 6.31. The van der Waals surface area contributed by atoms with Gasteiger partial charge in [-0.15, -0.1) is 0 Å². The van der Waals surface area contributed by atoms with E-state index >= 15 is 0 Å². The van der Waals surface area contributed by atoms with Crippen molar-refractivity contribution in [3.63, 3.8) is 0 Å². The van der Waals surface area contributed by atoms with Crippen molar-refractivity contribution >= 4 is 17.3 Å². The summed E-state index contributed by atoms with van der Waals surface area (Å²) in [5.74, 6) is 0. The third-order valence-electron chi connectivity index (χ3n) is 2.53. The van der Waals surface area contributed by atoms with Gasteiger partial charge in [-0.3, -0.25) is 9.36 Å². The molecule has 1 aromatic rings. The number of rotatable bonds is 4. The van der Waals surface area contributed by atoms with E-state index in [2.05, 4.69) is 11.1 Å². The molecule has 0 saturated heterocycles. The maximum atomic E-state index is 11.7. The number of halogens is 1. The van der Waals surface area contributed by atoms with Gasteiger partial charge in [0, 0.05) is 6.54 Å². The quantitative estimate of drug-likeness (QED) is 0.831. The van der Waals surface area contributed by atoms with Gasteiger partial charge in [-0.25, -0.2) is 4.98 Å². The van der Waals surface area contributed by atoms with Crippen LogP contribution in [0.4, 0.5) is 5.69 Å². The molecular formula is C11H15ClN4O. The topological polar surface area (TPSA) is 84.7 Å². The number of nitrogens with zero attached hydrogens (tertiary/aromatic N) is 3. The summed E-state index contributed by atoms with van der Waals surface area (Å²) in [6.45, 7) is 4.22. The Bertz CT molecular complexity index is 501. The number of hydrogen-bond acceptors (Lipinski definition) is 4. The van der Waals surface area contributed by atoms with Crippen molar-refractivity contribution in [2.75, 3.05) is 5.73 Å². The van der Waals surface area contributed by atoms with Gasteiger partial charge in [0.1, 0.15) is 5.69 Å². The van der Waals surface area contributed by atoms with Gasteiger partial charge in [-0.1, -0.05) is 11.6 Å². The van der Waals surface area contributed by atoms with E-state index in [1.807, 2.05) is 13.8 Å². The van der Waals surface area contributed by atoms with Crippen LogP contribution >= 0.6 is 11.6 Å². The molecule has 0 aliphatic carbocycles. The van der Waals surface area contributed by atoms with E-state index in [1.54, 1.807) is 0 Å². The van der Waals surface area contributed by atoms with Crippen molar-refractivity contribution in [2.45, 2.75) is 33.2 Å². The van der Waals surface area contributed by atoms with E-state index in [1.165, 1.54) is 10.9 Å².